The molecule has 146 valence electrons. The molecular formula is C22H28O5. The summed E-state index contributed by atoms with van der Waals surface area (Å²) in [4.78, 5) is 24.9. The molecule has 2 saturated carbocycles. The van der Waals surface area contributed by atoms with Crippen LogP contribution in [0.25, 0.3) is 0 Å². The Morgan fingerprint density at radius 1 is 1.26 bits per heavy atom. The molecule has 0 bridgehead atoms. The van der Waals surface area contributed by atoms with Gasteiger partial charge in [0.25, 0.3) is 0 Å². The summed E-state index contributed by atoms with van der Waals surface area (Å²) < 4.78 is 17.6. The number of hydrogen-bond acceptors (Lipinski definition) is 5. The molecule has 5 nitrogen and oxygen atoms in total. The first-order valence-electron chi connectivity index (χ1n) is 10.2. The summed E-state index contributed by atoms with van der Waals surface area (Å²) in [5.41, 5.74) is 0.980. The maximum Gasteiger partial charge on any atom is 0.314 e. The monoisotopic (exact) mass is 372 g/mol. The first-order chi connectivity index (χ1) is 12.7. The van der Waals surface area contributed by atoms with E-state index in [0.29, 0.717) is 5.92 Å². The molecule has 5 heteroatoms. The quantitative estimate of drug-likeness (QED) is 0.701. The van der Waals surface area contributed by atoms with Gasteiger partial charge in [0, 0.05) is 30.7 Å². The van der Waals surface area contributed by atoms with Crippen molar-refractivity contribution in [2.75, 3.05) is 0 Å². The Morgan fingerprint density at radius 3 is 2.78 bits per heavy atom. The smallest absolute Gasteiger partial charge is 0.314 e. The Hall–Kier alpha value is -1.78. The van der Waals surface area contributed by atoms with Crippen molar-refractivity contribution in [2.45, 2.75) is 71.5 Å². The van der Waals surface area contributed by atoms with Crippen LogP contribution in [0.4, 0.5) is 0 Å². The molecular weight excluding hydrogens is 344 g/mol. The van der Waals surface area contributed by atoms with Gasteiger partial charge >= 0.3 is 11.9 Å². The van der Waals surface area contributed by atoms with Crippen LogP contribution in [0, 0.1) is 28.6 Å². The largest absolute Gasteiger partial charge is 0.469 e. The van der Waals surface area contributed by atoms with Gasteiger partial charge in [-0.2, -0.15) is 0 Å². The lowest BCUT2D eigenvalue weighted by Crippen LogP contribution is -2.64. The summed E-state index contributed by atoms with van der Waals surface area (Å²) in [7, 11) is 0. The number of hydrogen-bond donors (Lipinski definition) is 0. The van der Waals surface area contributed by atoms with Gasteiger partial charge in [-0.05, 0) is 35.7 Å². The summed E-state index contributed by atoms with van der Waals surface area (Å²) in [5.74, 6) is 0.695. The molecule has 0 unspecified atom stereocenters. The summed E-state index contributed by atoms with van der Waals surface area (Å²) in [6.45, 7) is 8.37. The maximum absolute atomic E-state index is 12.9. The molecule has 1 aromatic heterocycles. The second kappa shape index (κ2) is 5.39. The molecule has 0 radical (unpaired) electrons. The Labute approximate surface area is 159 Å². The van der Waals surface area contributed by atoms with Crippen LogP contribution >= 0.6 is 0 Å². The van der Waals surface area contributed by atoms with E-state index < -0.39 is 0 Å². The SMILES string of the molecule is CC(=O)O[C@H]1[C@H]2OC(=O)[C@@H]3c4ccoc4C[C@@H]([C@@H]23)[C@@]2(C)CCCC(C)(C)[C@H]12. The number of carbonyl (C=O) groups is 2. The second-order valence-corrected chi connectivity index (χ2v) is 9.97. The van der Waals surface area contributed by atoms with Crippen LogP contribution < -0.4 is 0 Å². The van der Waals surface area contributed by atoms with Crippen LogP contribution in [0.2, 0.25) is 0 Å². The van der Waals surface area contributed by atoms with E-state index in [1.54, 1.807) is 6.26 Å². The molecule has 4 aliphatic rings. The third kappa shape index (κ3) is 2.17. The van der Waals surface area contributed by atoms with E-state index in [1.807, 2.05) is 6.07 Å². The lowest BCUT2D eigenvalue weighted by molar-refractivity contribution is -0.218. The van der Waals surface area contributed by atoms with E-state index in [-0.39, 0.29) is 52.7 Å². The van der Waals surface area contributed by atoms with Gasteiger partial charge in [-0.3, -0.25) is 9.59 Å². The Bertz CT molecular complexity index is 807. The maximum atomic E-state index is 12.9. The summed E-state index contributed by atoms with van der Waals surface area (Å²) in [6.07, 6.45) is 5.15. The Kier molecular flexibility index (Phi) is 3.46. The van der Waals surface area contributed by atoms with E-state index >= 15 is 0 Å². The lowest BCUT2D eigenvalue weighted by Gasteiger charge is -2.62. The molecule has 0 amide bonds. The van der Waals surface area contributed by atoms with Crippen LogP contribution in [0.15, 0.2) is 16.7 Å². The van der Waals surface area contributed by atoms with Crippen LogP contribution in [-0.2, 0) is 25.5 Å². The van der Waals surface area contributed by atoms with Gasteiger partial charge in [-0.15, -0.1) is 0 Å². The van der Waals surface area contributed by atoms with Crippen LogP contribution in [0.3, 0.4) is 0 Å². The van der Waals surface area contributed by atoms with E-state index in [1.165, 1.54) is 6.92 Å². The van der Waals surface area contributed by atoms with Crippen molar-refractivity contribution >= 4 is 11.9 Å². The van der Waals surface area contributed by atoms with E-state index in [9.17, 15) is 9.59 Å². The third-order valence-corrected chi connectivity index (χ3v) is 8.15. The number of esters is 2. The minimum atomic E-state index is -0.369. The third-order valence-electron chi connectivity index (χ3n) is 8.15. The van der Waals surface area contributed by atoms with Crippen molar-refractivity contribution < 1.29 is 23.5 Å². The van der Waals surface area contributed by atoms with Crippen LogP contribution in [-0.4, -0.2) is 24.1 Å². The molecule has 3 aliphatic carbocycles. The van der Waals surface area contributed by atoms with Gasteiger partial charge in [0.05, 0.1) is 12.2 Å². The zero-order chi connectivity index (χ0) is 19.1. The molecule has 1 aliphatic heterocycles. The second-order valence-electron chi connectivity index (χ2n) is 9.97. The van der Waals surface area contributed by atoms with Crippen molar-refractivity contribution in [3.63, 3.8) is 0 Å². The first kappa shape index (κ1) is 17.3. The Morgan fingerprint density at radius 2 is 2.04 bits per heavy atom. The zero-order valence-corrected chi connectivity index (χ0v) is 16.5. The van der Waals surface area contributed by atoms with E-state index in [2.05, 4.69) is 20.8 Å². The van der Waals surface area contributed by atoms with Crippen LogP contribution in [0.1, 0.15) is 64.2 Å². The molecule has 1 aromatic rings. The first-order valence-corrected chi connectivity index (χ1v) is 10.2. The number of furan rings is 1. The average molecular weight is 372 g/mol. The van der Waals surface area contributed by atoms with Gasteiger partial charge in [-0.25, -0.2) is 0 Å². The van der Waals surface area contributed by atoms with E-state index in [0.717, 1.165) is 37.0 Å². The molecule has 27 heavy (non-hydrogen) atoms. The molecule has 7 atom stereocenters. The topological polar surface area (TPSA) is 65.7 Å². The fourth-order valence-electron chi connectivity index (χ4n) is 7.40. The fourth-order valence-corrected chi connectivity index (χ4v) is 7.40. The highest BCUT2D eigenvalue weighted by Crippen LogP contribution is 2.67. The fraction of sp³-hybridized carbons (Fsp3) is 0.727. The number of ether oxygens (including phenoxy) is 2. The molecule has 0 spiro atoms. The van der Waals surface area contributed by atoms with E-state index in [4.69, 9.17) is 13.9 Å². The molecule has 0 aromatic carbocycles. The molecule has 2 heterocycles. The minimum absolute atomic E-state index is 0.0141. The number of fused-ring (bicyclic) bond motifs is 4. The predicted molar refractivity (Wildman–Crippen MR) is 96.8 cm³/mol. The van der Waals surface area contributed by atoms with Crippen molar-refractivity contribution in [2.24, 2.45) is 28.6 Å². The summed E-state index contributed by atoms with van der Waals surface area (Å²) in [5, 5.41) is 0. The van der Waals surface area contributed by atoms with Crippen molar-refractivity contribution in [3.05, 3.63) is 23.7 Å². The van der Waals surface area contributed by atoms with Gasteiger partial charge in [0.2, 0.25) is 0 Å². The minimum Gasteiger partial charge on any atom is -0.469 e. The highest BCUT2D eigenvalue weighted by atomic mass is 16.6. The standard InChI is InChI=1S/C22H28O5/c1-11(23)26-18-17-16-13(22(4)8-5-7-21(2,3)19(18)22)10-14-12(6-9-25-14)15(16)20(24)27-17/h6,9,13,15-19H,5,7-8,10H2,1-4H3/t13-,15+,16+,17-,18-,19-,22+/m0/s1. The van der Waals surface area contributed by atoms with Gasteiger partial charge < -0.3 is 13.9 Å². The highest BCUT2D eigenvalue weighted by molar-refractivity contribution is 5.82. The molecule has 5 rings (SSSR count). The Balaban J connectivity index is 1.69. The van der Waals surface area contributed by atoms with Crippen molar-refractivity contribution in [3.8, 4) is 0 Å². The molecule has 1 saturated heterocycles. The molecule has 0 N–H and O–H groups in total. The van der Waals surface area contributed by atoms with Gasteiger partial charge in [0.15, 0.2) is 0 Å². The van der Waals surface area contributed by atoms with Gasteiger partial charge in [0.1, 0.15) is 18.0 Å². The van der Waals surface area contributed by atoms with Crippen molar-refractivity contribution in [1.29, 1.82) is 0 Å². The highest BCUT2D eigenvalue weighted by Gasteiger charge is 2.69. The molecule has 3 fully saturated rings. The predicted octanol–water partition coefficient (Wildman–Crippen LogP) is 3.86. The summed E-state index contributed by atoms with van der Waals surface area (Å²) in [6, 6.07) is 1.92. The van der Waals surface area contributed by atoms with Crippen molar-refractivity contribution in [1.82, 2.24) is 0 Å². The average Bonchev–Trinajstić information content (AvgIpc) is 3.15. The number of carbonyl (C=O) groups excluding carboxylic acids is 2. The zero-order valence-electron chi connectivity index (χ0n) is 16.5. The number of rotatable bonds is 1. The van der Waals surface area contributed by atoms with Crippen LogP contribution in [0.5, 0.6) is 0 Å². The summed E-state index contributed by atoms with van der Waals surface area (Å²) >= 11 is 0. The van der Waals surface area contributed by atoms with Gasteiger partial charge in [-0.1, -0.05) is 27.2 Å². The lowest BCUT2D eigenvalue weighted by atomic mass is 9.42. The normalized spacial score (nSPS) is 43.9.